The van der Waals surface area contributed by atoms with Crippen molar-refractivity contribution in [2.75, 3.05) is 22.9 Å². The summed E-state index contributed by atoms with van der Waals surface area (Å²) in [5, 5.41) is 2.99. The van der Waals surface area contributed by atoms with Gasteiger partial charge in [-0.1, -0.05) is 36.4 Å². The molecule has 5 nitrogen and oxygen atoms in total. The van der Waals surface area contributed by atoms with Crippen molar-refractivity contribution in [1.29, 1.82) is 0 Å². The largest absolute Gasteiger partial charge is 0.367 e. The molecule has 0 atom stereocenters. The molecule has 0 unspecified atom stereocenters. The van der Waals surface area contributed by atoms with Gasteiger partial charge in [-0.2, -0.15) is 0 Å². The lowest BCUT2D eigenvalue weighted by Gasteiger charge is -2.30. The molecule has 32 heavy (non-hydrogen) atoms. The van der Waals surface area contributed by atoms with Crippen LogP contribution >= 0.6 is 0 Å². The molecule has 0 saturated carbocycles. The second-order valence-corrected chi connectivity index (χ2v) is 8.49. The molecule has 2 heterocycles. The number of hydrogen-bond donors (Lipinski definition) is 1. The molecule has 0 bridgehead atoms. The molecule has 2 aliphatic rings. The zero-order chi connectivity index (χ0) is 21.9. The third-order valence-corrected chi connectivity index (χ3v) is 6.40. The second-order valence-electron chi connectivity index (χ2n) is 8.49. The second kappa shape index (κ2) is 8.87. The molecular weight excluding hydrogens is 398 g/mol. The Hall–Kier alpha value is -3.60. The lowest BCUT2D eigenvalue weighted by molar-refractivity contribution is -0.117. The third-order valence-electron chi connectivity index (χ3n) is 6.40. The highest BCUT2D eigenvalue weighted by Crippen LogP contribution is 2.25. The lowest BCUT2D eigenvalue weighted by atomic mass is 9.99. The van der Waals surface area contributed by atoms with Crippen molar-refractivity contribution in [3.63, 3.8) is 0 Å². The van der Waals surface area contributed by atoms with Crippen molar-refractivity contribution in [3.8, 4) is 0 Å². The van der Waals surface area contributed by atoms with Crippen LogP contribution in [0.1, 0.15) is 39.9 Å². The van der Waals surface area contributed by atoms with Gasteiger partial charge in [-0.15, -0.1) is 0 Å². The first-order chi connectivity index (χ1) is 15.7. The summed E-state index contributed by atoms with van der Waals surface area (Å²) < 4.78 is 0. The van der Waals surface area contributed by atoms with Gasteiger partial charge < -0.3 is 15.1 Å². The summed E-state index contributed by atoms with van der Waals surface area (Å²) in [5.41, 5.74) is 6.55. The number of nitrogens with zero attached hydrogens (tertiary/aromatic N) is 2. The molecule has 3 aromatic carbocycles. The quantitative estimate of drug-likeness (QED) is 0.663. The first-order valence-electron chi connectivity index (χ1n) is 11.3. The van der Waals surface area contributed by atoms with Gasteiger partial charge in [-0.3, -0.25) is 9.59 Å². The monoisotopic (exact) mass is 425 g/mol. The Morgan fingerprint density at radius 2 is 1.53 bits per heavy atom. The minimum absolute atomic E-state index is 0.0839. The average Bonchev–Trinajstić information content (AvgIpc) is 3.28. The van der Waals surface area contributed by atoms with E-state index in [1.807, 2.05) is 53.4 Å². The van der Waals surface area contributed by atoms with E-state index in [1.54, 1.807) is 0 Å². The van der Waals surface area contributed by atoms with E-state index in [1.165, 1.54) is 11.1 Å². The fourth-order valence-corrected chi connectivity index (χ4v) is 4.54. The molecule has 3 aromatic rings. The van der Waals surface area contributed by atoms with Gasteiger partial charge in [0.25, 0.3) is 5.91 Å². The van der Waals surface area contributed by atoms with Crippen molar-refractivity contribution in [2.45, 2.75) is 32.4 Å². The van der Waals surface area contributed by atoms with E-state index in [-0.39, 0.29) is 11.8 Å². The molecule has 1 fully saturated rings. The fourth-order valence-electron chi connectivity index (χ4n) is 4.54. The molecule has 0 aliphatic carbocycles. The van der Waals surface area contributed by atoms with E-state index in [0.29, 0.717) is 18.5 Å². The Kier molecular flexibility index (Phi) is 5.63. The Morgan fingerprint density at radius 1 is 0.812 bits per heavy atom. The zero-order valence-corrected chi connectivity index (χ0v) is 18.1. The van der Waals surface area contributed by atoms with Crippen molar-refractivity contribution in [3.05, 3.63) is 95.1 Å². The molecule has 2 amide bonds. The minimum Gasteiger partial charge on any atom is -0.367 e. The van der Waals surface area contributed by atoms with Gasteiger partial charge in [0.05, 0.1) is 0 Å². The molecule has 5 rings (SSSR count). The highest BCUT2D eigenvalue weighted by Gasteiger charge is 2.21. The van der Waals surface area contributed by atoms with Crippen LogP contribution in [0.15, 0.2) is 72.8 Å². The number of anilines is 2. The van der Waals surface area contributed by atoms with Gasteiger partial charge in [0.1, 0.15) is 0 Å². The number of nitrogens with one attached hydrogen (secondary N) is 1. The van der Waals surface area contributed by atoms with Gasteiger partial charge in [-0.25, -0.2) is 0 Å². The van der Waals surface area contributed by atoms with Crippen molar-refractivity contribution in [1.82, 2.24) is 5.32 Å². The summed E-state index contributed by atoms with van der Waals surface area (Å²) >= 11 is 0. The maximum atomic E-state index is 12.6. The van der Waals surface area contributed by atoms with Gasteiger partial charge >= 0.3 is 0 Å². The van der Waals surface area contributed by atoms with E-state index in [2.05, 4.69) is 34.5 Å². The summed E-state index contributed by atoms with van der Waals surface area (Å²) in [6.07, 6.45) is 2.59. The third kappa shape index (κ3) is 4.24. The molecule has 1 saturated heterocycles. The Bertz CT molecular complexity index is 1120. The standard InChI is InChI=1S/C27H27N3O2/c31-26-6-3-16-30(26)25-11-7-20(8-12-25)18-28-27(32)22-9-13-24(14-10-22)29-17-15-21-4-1-2-5-23(21)19-29/h1-2,4-5,7-14H,3,6,15-19H2,(H,28,32). The maximum absolute atomic E-state index is 12.6. The molecular formula is C27H27N3O2. The molecule has 0 radical (unpaired) electrons. The van der Waals surface area contributed by atoms with Gasteiger partial charge in [0, 0.05) is 49.5 Å². The molecule has 0 aromatic heterocycles. The number of rotatable bonds is 5. The normalized spacial score (nSPS) is 15.6. The number of carbonyl (C=O) groups excluding carboxylic acids is 2. The fraction of sp³-hybridized carbons (Fsp3) is 0.259. The van der Waals surface area contributed by atoms with Gasteiger partial charge in [0.2, 0.25) is 5.91 Å². The Balaban J connectivity index is 1.17. The van der Waals surface area contributed by atoms with Crippen molar-refractivity contribution in [2.24, 2.45) is 0 Å². The van der Waals surface area contributed by atoms with Crippen LogP contribution < -0.4 is 15.1 Å². The maximum Gasteiger partial charge on any atom is 0.251 e. The predicted molar refractivity (Wildman–Crippen MR) is 127 cm³/mol. The summed E-state index contributed by atoms with van der Waals surface area (Å²) in [5.74, 6) is 0.0996. The van der Waals surface area contributed by atoms with Crippen LogP contribution in [0, 0.1) is 0 Å². The summed E-state index contributed by atoms with van der Waals surface area (Å²) in [6, 6.07) is 24.3. The minimum atomic E-state index is -0.0839. The van der Waals surface area contributed by atoms with E-state index in [9.17, 15) is 9.59 Å². The molecule has 162 valence electrons. The van der Waals surface area contributed by atoms with Crippen LogP contribution in [0.2, 0.25) is 0 Å². The SMILES string of the molecule is O=C(NCc1ccc(N2CCCC2=O)cc1)c1ccc(N2CCc3ccccc3C2)cc1. The van der Waals surface area contributed by atoms with E-state index in [4.69, 9.17) is 0 Å². The first kappa shape index (κ1) is 20.3. The summed E-state index contributed by atoms with van der Waals surface area (Å²) in [6.45, 7) is 3.13. The van der Waals surface area contributed by atoms with Crippen LogP contribution in [0.4, 0.5) is 11.4 Å². The number of benzene rings is 3. The van der Waals surface area contributed by atoms with Gasteiger partial charge in [0.15, 0.2) is 0 Å². The number of fused-ring (bicyclic) bond motifs is 1. The number of amides is 2. The smallest absolute Gasteiger partial charge is 0.251 e. The van der Waals surface area contributed by atoms with Crippen molar-refractivity contribution >= 4 is 23.2 Å². The Labute approximate surface area is 188 Å². The van der Waals surface area contributed by atoms with E-state index in [0.717, 1.165) is 49.4 Å². The van der Waals surface area contributed by atoms with Crippen LogP contribution in [-0.4, -0.2) is 24.9 Å². The van der Waals surface area contributed by atoms with Crippen LogP contribution in [-0.2, 0) is 24.3 Å². The van der Waals surface area contributed by atoms with Crippen LogP contribution in [0.5, 0.6) is 0 Å². The lowest BCUT2D eigenvalue weighted by Crippen LogP contribution is -2.30. The van der Waals surface area contributed by atoms with Crippen LogP contribution in [0.25, 0.3) is 0 Å². The predicted octanol–water partition coefficient (Wildman–Crippen LogP) is 4.31. The topological polar surface area (TPSA) is 52.7 Å². The number of carbonyl (C=O) groups is 2. The number of hydrogen-bond acceptors (Lipinski definition) is 3. The summed E-state index contributed by atoms with van der Waals surface area (Å²) in [7, 11) is 0. The van der Waals surface area contributed by atoms with Gasteiger partial charge in [-0.05, 0) is 65.9 Å². The molecule has 2 aliphatic heterocycles. The highest BCUT2D eigenvalue weighted by atomic mass is 16.2. The van der Waals surface area contributed by atoms with Crippen LogP contribution in [0.3, 0.4) is 0 Å². The highest BCUT2D eigenvalue weighted by molar-refractivity contribution is 5.95. The molecule has 5 heteroatoms. The zero-order valence-electron chi connectivity index (χ0n) is 18.1. The molecule has 0 spiro atoms. The van der Waals surface area contributed by atoms with E-state index >= 15 is 0 Å². The summed E-state index contributed by atoms with van der Waals surface area (Å²) in [4.78, 5) is 28.7. The first-order valence-corrected chi connectivity index (χ1v) is 11.3. The Morgan fingerprint density at radius 3 is 2.25 bits per heavy atom. The van der Waals surface area contributed by atoms with E-state index < -0.39 is 0 Å². The van der Waals surface area contributed by atoms with Crippen molar-refractivity contribution < 1.29 is 9.59 Å². The molecule has 1 N–H and O–H groups in total. The average molecular weight is 426 g/mol.